The van der Waals surface area contributed by atoms with Crippen LogP contribution in [0.25, 0.3) is 5.69 Å². The molecule has 0 unspecified atom stereocenters. The summed E-state index contributed by atoms with van der Waals surface area (Å²) in [5, 5.41) is 21.9. The van der Waals surface area contributed by atoms with E-state index in [1.807, 2.05) is 34.9 Å². The normalized spacial score (nSPS) is 13.6. The standard InChI is InChI=1S/C22H21ClN6OS/c23-17-10-9-16(14-24)19(13-17)25-20(30)15-31-22-27-26-21(28-11-5-2-6-12-28)29(22)18-7-3-1-4-8-18/h1,3-4,7-10,13H,2,5-6,11-12,15H2,(H,25,30). The van der Waals surface area contributed by atoms with Gasteiger partial charge in [0.05, 0.1) is 22.7 Å². The molecule has 3 aromatic rings. The van der Waals surface area contributed by atoms with E-state index in [1.54, 1.807) is 18.2 Å². The smallest absolute Gasteiger partial charge is 0.234 e. The molecule has 1 aliphatic heterocycles. The number of nitrogens with one attached hydrogen (secondary N) is 1. The Morgan fingerprint density at radius 3 is 2.65 bits per heavy atom. The van der Waals surface area contributed by atoms with E-state index in [-0.39, 0.29) is 11.7 Å². The van der Waals surface area contributed by atoms with Crippen molar-refractivity contribution >= 4 is 40.9 Å². The van der Waals surface area contributed by atoms with Crippen LogP contribution in [-0.2, 0) is 4.79 Å². The molecule has 0 radical (unpaired) electrons. The van der Waals surface area contributed by atoms with Crippen LogP contribution in [0, 0.1) is 11.3 Å². The fourth-order valence-corrected chi connectivity index (χ4v) is 4.41. The van der Waals surface area contributed by atoms with Gasteiger partial charge in [-0.1, -0.05) is 41.6 Å². The predicted octanol–water partition coefficient (Wildman–Crippen LogP) is 4.51. The third-order valence-corrected chi connectivity index (χ3v) is 6.14. The van der Waals surface area contributed by atoms with Crippen molar-refractivity contribution in [1.29, 1.82) is 5.26 Å². The molecule has 0 spiro atoms. The molecule has 2 aromatic carbocycles. The number of halogens is 1. The lowest BCUT2D eigenvalue weighted by atomic mass is 10.1. The zero-order valence-electron chi connectivity index (χ0n) is 16.8. The topological polar surface area (TPSA) is 86.8 Å². The molecule has 2 heterocycles. The molecular weight excluding hydrogens is 432 g/mol. The number of piperidine rings is 1. The van der Waals surface area contributed by atoms with Gasteiger partial charge in [0.25, 0.3) is 0 Å². The second kappa shape index (κ2) is 9.86. The largest absolute Gasteiger partial charge is 0.341 e. The van der Waals surface area contributed by atoms with E-state index < -0.39 is 0 Å². The van der Waals surface area contributed by atoms with Crippen LogP contribution in [0.5, 0.6) is 0 Å². The van der Waals surface area contributed by atoms with E-state index in [0.717, 1.165) is 37.6 Å². The molecule has 1 aromatic heterocycles. The lowest BCUT2D eigenvalue weighted by Crippen LogP contribution is -2.31. The monoisotopic (exact) mass is 452 g/mol. The summed E-state index contributed by atoms with van der Waals surface area (Å²) < 4.78 is 2.00. The summed E-state index contributed by atoms with van der Waals surface area (Å²) in [6, 6.07) is 16.8. The summed E-state index contributed by atoms with van der Waals surface area (Å²) >= 11 is 7.31. The third-order valence-electron chi connectivity index (χ3n) is 4.98. The zero-order valence-corrected chi connectivity index (χ0v) is 18.4. The minimum Gasteiger partial charge on any atom is -0.341 e. The van der Waals surface area contributed by atoms with Gasteiger partial charge in [-0.15, -0.1) is 10.2 Å². The molecule has 0 bridgehead atoms. The molecule has 31 heavy (non-hydrogen) atoms. The van der Waals surface area contributed by atoms with Gasteiger partial charge in [-0.25, -0.2) is 0 Å². The second-order valence-electron chi connectivity index (χ2n) is 7.14. The molecule has 9 heteroatoms. The SMILES string of the molecule is N#Cc1ccc(Cl)cc1NC(=O)CSc1nnc(N2CCCCC2)n1-c1ccccc1. The van der Waals surface area contributed by atoms with Crippen LogP contribution in [0.4, 0.5) is 11.6 Å². The van der Waals surface area contributed by atoms with Crippen LogP contribution >= 0.6 is 23.4 Å². The van der Waals surface area contributed by atoms with Crippen molar-refractivity contribution in [1.82, 2.24) is 14.8 Å². The van der Waals surface area contributed by atoms with E-state index in [4.69, 9.17) is 11.6 Å². The molecule has 1 saturated heterocycles. The number of aromatic nitrogens is 3. The Kier molecular flexibility index (Phi) is 6.75. The molecule has 4 rings (SSSR count). The highest BCUT2D eigenvalue weighted by atomic mass is 35.5. The quantitative estimate of drug-likeness (QED) is 0.553. The number of carbonyl (C=O) groups is 1. The zero-order chi connectivity index (χ0) is 21.6. The van der Waals surface area contributed by atoms with Crippen molar-refractivity contribution in [3.8, 4) is 11.8 Å². The lowest BCUT2D eigenvalue weighted by Gasteiger charge is -2.27. The van der Waals surface area contributed by atoms with Gasteiger partial charge >= 0.3 is 0 Å². The fraction of sp³-hybridized carbons (Fsp3) is 0.273. The summed E-state index contributed by atoms with van der Waals surface area (Å²) in [6.07, 6.45) is 3.49. The van der Waals surface area contributed by atoms with Crippen LogP contribution < -0.4 is 10.2 Å². The maximum atomic E-state index is 12.6. The number of carbonyl (C=O) groups excluding carboxylic acids is 1. The molecule has 0 atom stereocenters. The molecule has 158 valence electrons. The van der Waals surface area contributed by atoms with E-state index in [9.17, 15) is 10.1 Å². The highest BCUT2D eigenvalue weighted by Crippen LogP contribution is 2.28. The molecule has 0 aliphatic carbocycles. The number of nitriles is 1. The Morgan fingerprint density at radius 1 is 1.13 bits per heavy atom. The summed E-state index contributed by atoms with van der Waals surface area (Å²) in [5.41, 5.74) is 1.72. The Balaban J connectivity index is 1.53. The van der Waals surface area contributed by atoms with Crippen LogP contribution in [-0.4, -0.2) is 39.5 Å². The molecule has 1 aliphatic rings. The number of para-hydroxylation sites is 1. The number of nitrogens with zero attached hydrogens (tertiary/aromatic N) is 5. The van der Waals surface area contributed by atoms with Gasteiger partial charge in [0.15, 0.2) is 5.16 Å². The summed E-state index contributed by atoms with van der Waals surface area (Å²) in [6.45, 7) is 1.89. The molecule has 7 nitrogen and oxygen atoms in total. The average Bonchev–Trinajstić information content (AvgIpc) is 3.23. The van der Waals surface area contributed by atoms with Crippen molar-refractivity contribution in [3.63, 3.8) is 0 Å². The van der Waals surface area contributed by atoms with Gasteiger partial charge in [-0.3, -0.25) is 9.36 Å². The molecular formula is C22H21ClN6OS. The van der Waals surface area contributed by atoms with Crippen molar-refractivity contribution in [2.45, 2.75) is 24.4 Å². The van der Waals surface area contributed by atoms with Gasteiger partial charge < -0.3 is 10.2 Å². The van der Waals surface area contributed by atoms with E-state index in [0.29, 0.717) is 21.4 Å². The Bertz CT molecular complexity index is 1100. The number of anilines is 2. The van der Waals surface area contributed by atoms with E-state index in [2.05, 4.69) is 26.5 Å². The Labute approximate surface area is 190 Å². The van der Waals surface area contributed by atoms with E-state index in [1.165, 1.54) is 18.2 Å². The maximum absolute atomic E-state index is 12.6. The van der Waals surface area contributed by atoms with Gasteiger partial charge in [-0.2, -0.15) is 5.26 Å². The molecule has 0 saturated carbocycles. The number of hydrogen-bond donors (Lipinski definition) is 1. The fourth-order valence-electron chi connectivity index (χ4n) is 3.49. The molecule has 1 amide bonds. The lowest BCUT2D eigenvalue weighted by molar-refractivity contribution is -0.113. The number of benzene rings is 2. The van der Waals surface area contributed by atoms with Crippen LogP contribution in [0.2, 0.25) is 5.02 Å². The van der Waals surface area contributed by atoms with Gasteiger partial charge in [0, 0.05) is 18.1 Å². The summed E-state index contributed by atoms with van der Waals surface area (Å²) in [4.78, 5) is 14.8. The highest BCUT2D eigenvalue weighted by Gasteiger charge is 2.22. The van der Waals surface area contributed by atoms with Crippen LogP contribution in [0.3, 0.4) is 0 Å². The Morgan fingerprint density at radius 2 is 1.90 bits per heavy atom. The second-order valence-corrected chi connectivity index (χ2v) is 8.52. The van der Waals surface area contributed by atoms with Gasteiger partial charge in [0.2, 0.25) is 11.9 Å². The van der Waals surface area contributed by atoms with Crippen molar-refractivity contribution in [2.75, 3.05) is 29.1 Å². The van der Waals surface area contributed by atoms with Crippen molar-refractivity contribution in [2.24, 2.45) is 0 Å². The first-order chi connectivity index (χ1) is 15.2. The van der Waals surface area contributed by atoms with Crippen molar-refractivity contribution < 1.29 is 4.79 Å². The van der Waals surface area contributed by atoms with Gasteiger partial charge in [-0.05, 0) is 49.6 Å². The number of rotatable bonds is 6. The average molecular weight is 453 g/mol. The first-order valence-electron chi connectivity index (χ1n) is 10.0. The first kappa shape index (κ1) is 21.2. The summed E-state index contributed by atoms with van der Waals surface area (Å²) in [5.74, 6) is 0.684. The Hall–Kier alpha value is -3.02. The van der Waals surface area contributed by atoms with Gasteiger partial charge in [0.1, 0.15) is 6.07 Å². The third kappa shape index (κ3) is 5.01. The van der Waals surface area contributed by atoms with Crippen LogP contribution in [0.15, 0.2) is 53.7 Å². The predicted molar refractivity (Wildman–Crippen MR) is 123 cm³/mol. The summed E-state index contributed by atoms with van der Waals surface area (Å²) in [7, 11) is 0. The number of thioether (sulfide) groups is 1. The molecule has 1 N–H and O–H groups in total. The molecule has 1 fully saturated rings. The van der Waals surface area contributed by atoms with Crippen LogP contribution in [0.1, 0.15) is 24.8 Å². The number of hydrogen-bond acceptors (Lipinski definition) is 6. The minimum absolute atomic E-state index is 0.127. The first-order valence-corrected chi connectivity index (χ1v) is 11.4. The van der Waals surface area contributed by atoms with Crippen molar-refractivity contribution in [3.05, 3.63) is 59.1 Å². The van der Waals surface area contributed by atoms with E-state index >= 15 is 0 Å². The highest BCUT2D eigenvalue weighted by molar-refractivity contribution is 7.99. The minimum atomic E-state index is -0.245. The number of amides is 1. The maximum Gasteiger partial charge on any atom is 0.234 e.